The number of rotatable bonds is 1. The van der Waals surface area contributed by atoms with Gasteiger partial charge < -0.3 is 0 Å². The van der Waals surface area contributed by atoms with Gasteiger partial charge in [-0.2, -0.15) is 0 Å². The second kappa shape index (κ2) is 5.76. The van der Waals surface area contributed by atoms with Gasteiger partial charge in [0.2, 0.25) is 0 Å². The van der Waals surface area contributed by atoms with E-state index in [1.54, 1.807) is 0 Å². The largest absolute Gasteiger partial charge is 0.115 e. The monoisotopic (exact) mass is 328 g/mol. The molecule has 0 aromatic heterocycles. The van der Waals surface area contributed by atoms with Gasteiger partial charge >= 0.3 is 0 Å². The Balaban J connectivity index is 2.05. The van der Waals surface area contributed by atoms with Gasteiger partial charge in [-0.3, -0.25) is 0 Å². The summed E-state index contributed by atoms with van der Waals surface area (Å²) in [5.41, 5.74) is 3.44. The maximum absolute atomic E-state index is 5.82. The fourth-order valence-electron chi connectivity index (χ4n) is 3.93. The van der Waals surface area contributed by atoms with E-state index in [1.807, 2.05) is 6.07 Å². The van der Waals surface area contributed by atoms with Gasteiger partial charge in [0.1, 0.15) is 0 Å². The summed E-state index contributed by atoms with van der Waals surface area (Å²) in [6.07, 6.45) is 5.82. The average molecular weight is 328 g/mol. The molecular formula is C26H16. The molecule has 0 spiro atoms. The zero-order chi connectivity index (χ0) is 17.5. The Kier molecular flexibility index (Phi) is 3.27. The Labute approximate surface area is 152 Å². The van der Waals surface area contributed by atoms with Crippen molar-refractivity contribution < 1.29 is 0 Å². The third-order valence-corrected chi connectivity index (χ3v) is 5.12. The van der Waals surface area contributed by atoms with Crippen LogP contribution in [0.3, 0.4) is 0 Å². The molecular weight excluding hydrogens is 312 g/mol. The highest BCUT2D eigenvalue weighted by atomic mass is 14.1. The van der Waals surface area contributed by atoms with E-state index in [1.165, 1.54) is 38.1 Å². The van der Waals surface area contributed by atoms with Crippen LogP contribution in [0.5, 0.6) is 0 Å². The van der Waals surface area contributed by atoms with Crippen LogP contribution in [0.15, 0.2) is 91.0 Å². The van der Waals surface area contributed by atoms with Crippen LogP contribution in [0.25, 0.3) is 43.4 Å². The van der Waals surface area contributed by atoms with Crippen molar-refractivity contribution in [2.45, 2.75) is 0 Å². The van der Waals surface area contributed by atoms with Crippen LogP contribution in [0, 0.1) is 12.3 Å². The lowest BCUT2D eigenvalue weighted by Crippen LogP contribution is -1.88. The Morgan fingerprint density at radius 2 is 1.04 bits per heavy atom. The van der Waals surface area contributed by atoms with E-state index in [-0.39, 0.29) is 0 Å². The van der Waals surface area contributed by atoms with Crippen molar-refractivity contribution in [3.05, 3.63) is 96.6 Å². The molecule has 5 aromatic rings. The smallest absolute Gasteiger partial charge is 0.0327 e. The molecule has 26 heavy (non-hydrogen) atoms. The highest BCUT2D eigenvalue weighted by molar-refractivity contribution is 6.22. The average Bonchev–Trinajstić information content (AvgIpc) is 2.73. The summed E-state index contributed by atoms with van der Waals surface area (Å²) in [6, 6.07) is 32.1. The quantitative estimate of drug-likeness (QED) is 0.235. The van der Waals surface area contributed by atoms with Gasteiger partial charge in [0.05, 0.1) is 0 Å². The van der Waals surface area contributed by atoms with Crippen molar-refractivity contribution in [3.63, 3.8) is 0 Å². The molecule has 0 fully saturated rings. The lowest BCUT2D eigenvalue weighted by atomic mass is 9.89. The SMILES string of the molecule is C#Cc1cc2c3ccccc3c(-c3ccccc3)cc2c2ccccc12. The van der Waals surface area contributed by atoms with Crippen LogP contribution in [0.2, 0.25) is 0 Å². The van der Waals surface area contributed by atoms with Crippen molar-refractivity contribution in [1.82, 2.24) is 0 Å². The van der Waals surface area contributed by atoms with Crippen LogP contribution < -0.4 is 0 Å². The van der Waals surface area contributed by atoms with E-state index in [4.69, 9.17) is 6.42 Å². The van der Waals surface area contributed by atoms with Gasteiger partial charge in [-0.05, 0) is 55.6 Å². The predicted molar refractivity (Wildman–Crippen MR) is 112 cm³/mol. The van der Waals surface area contributed by atoms with Gasteiger partial charge in [-0.15, -0.1) is 6.42 Å². The van der Waals surface area contributed by atoms with Gasteiger partial charge in [-0.25, -0.2) is 0 Å². The van der Waals surface area contributed by atoms with E-state index in [9.17, 15) is 0 Å². The summed E-state index contributed by atoms with van der Waals surface area (Å²) in [4.78, 5) is 0. The van der Waals surface area contributed by atoms with E-state index < -0.39 is 0 Å². The van der Waals surface area contributed by atoms with E-state index in [0.717, 1.165) is 10.9 Å². The van der Waals surface area contributed by atoms with E-state index in [0.29, 0.717) is 0 Å². The van der Waals surface area contributed by atoms with Crippen LogP contribution in [0.1, 0.15) is 5.56 Å². The number of fused-ring (bicyclic) bond motifs is 5. The lowest BCUT2D eigenvalue weighted by Gasteiger charge is -2.14. The van der Waals surface area contributed by atoms with Crippen LogP contribution >= 0.6 is 0 Å². The van der Waals surface area contributed by atoms with Crippen LogP contribution in [0.4, 0.5) is 0 Å². The fourth-order valence-corrected chi connectivity index (χ4v) is 3.93. The minimum atomic E-state index is 0.950. The molecule has 5 rings (SSSR count). The summed E-state index contributed by atoms with van der Waals surface area (Å²) in [5, 5.41) is 7.30. The minimum absolute atomic E-state index is 0.950. The molecule has 0 bridgehead atoms. The van der Waals surface area contributed by atoms with E-state index >= 15 is 0 Å². The first kappa shape index (κ1) is 14.8. The molecule has 0 atom stereocenters. The highest BCUT2D eigenvalue weighted by Crippen LogP contribution is 2.38. The Bertz CT molecular complexity index is 1320. The number of hydrogen-bond donors (Lipinski definition) is 0. The third kappa shape index (κ3) is 2.11. The third-order valence-electron chi connectivity index (χ3n) is 5.12. The molecule has 0 amide bonds. The van der Waals surface area contributed by atoms with Crippen LogP contribution in [-0.4, -0.2) is 0 Å². The molecule has 0 saturated heterocycles. The molecule has 0 heteroatoms. The van der Waals surface area contributed by atoms with Gasteiger partial charge in [0.15, 0.2) is 0 Å². The Hall–Kier alpha value is -3.56. The molecule has 0 N–H and O–H groups in total. The molecule has 0 aliphatic rings. The molecule has 120 valence electrons. The van der Waals surface area contributed by atoms with Crippen molar-refractivity contribution in [1.29, 1.82) is 0 Å². The summed E-state index contributed by atoms with van der Waals surface area (Å²) in [7, 11) is 0. The normalized spacial score (nSPS) is 11.0. The molecule has 0 unspecified atom stereocenters. The van der Waals surface area contributed by atoms with Gasteiger partial charge in [-0.1, -0.05) is 84.8 Å². The standard InChI is InChI=1S/C26H16/c1-2-18-16-25-23-15-9-8-14-22(23)24(19-10-4-3-5-11-19)17-26(25)21-13-7-6-12-20(18)21/h1,3-17H. The van der Waals surface area contributed by atoms with Crippen molar-refractivity contribution >= 4 is 32.3 Å². The number of terminal acetylenes is 1. The predicted octanol–water partition coefficient (Wildman–Crippen LogP) is 6.79. The van der Waals surface area contributed by atoms with Crippen molar-refractivity contribution in [2.24, 2.45) is 0 Å². The molecule has 0 aliphatic carbocycles. The Morgan fingerprint density at radius 3 is 1.73 bits per heavy atom. The second-order valence-electron chi connectivity index (χ2n) is 6.54. The van der Waals surface area contributed by atoms with Crippen LogP contribution in [-0.2, 0) is 0 Å². The fraction of sp³-hybridized carbons (Fsp3) is 0. The zero-order valence-corrected chi connectivity index (χ0v) is 14.2. The Morgan fingerprint density at radius 1 is 0.500 bits per heavy atom. The molecule has 0 nitrogen and oxygen atoms in total. The van der Waals surface area contributed by atoms with Gasteiger partial charge in [0.25, 0.3) is 0 Å². The second-order valence-corrected chi connectivity index (χ2v) is 6.54. The highest BCUT2D eigenvalue weighted by Gasteiger charge is 2.12. The molecule has 0 saturated carbocycles. The lowest BCUT2D eigenvalue weighted by molar-refractivity contribution is 1.67. The summed E-state index contributed by atoms with van der Waals surface area (Å²) in [6.45, 7) is 0. The summed E-state index contributed by atoms with van der Waals surface area (Å²) >= 11 is 0. The number of hydrogen-bond acceptors (Lipinski definition) is 0. The zero-order valence-electron chi connectivity index (χ0n) is 14.2. The van der Waals surface area contributed by atoms with Crippen molar-refractivity contribution in [2.75, 3.05) is 0 Å². The first-order valence-corrected chi connectivity index (χ1v) is 8.76. The summed E-state index contributed by atoms with van der Waals surface area (Å²) < 4.78 is 0. The maximum Gasteiger partial charge on any atom is 0.0327 e. The molecule has 0 heterocycles. The molecule has 0 aliphatic heterocycles. The summed E-state index contributed by atoms with van der Waals surface area (Å²) in [5.74, 6) is 2.87. The van der Waals surface area contributed by atoms with Crippen molar-refractivity contribution in [3.8, 4) is 23.5 Å². The van der Waals surface area contributed by atoms with E-state index in [2.05, 4.69) is 90.8 Å². The molecule has 0 radical (unpaired) electrons. The first-order chi connectivity index (χ1) is 12.9. The first-order valence-electron chi connectivity index (χ1n) is 8.76. The minimum Gasteiger partial charge on any atom is -0.115 e. The number of benzene rings is 5. The molecule has 5 aromatic carbocycles. The topological polar surface area (TPSA) is 0 Å². The van der Waals surface area contributed by atoms with Gasteiger partial charge in [0, 0.05) is 5.56 Å². The maximum atomic E-state index is 5.82.